The number of hydrogen-bond acceptors (Lipinski definition) is 3. The van der Waals surface area contributed by atoms with E-state index in [0.717, 1.165) is 36.7 Å². The molecule has 2 fully saturated rings. The molecular weight excluding hydrogens is 248 g/mol. The molecular formula is C17H24N2O. The summed E-state index contributed by atoms with van der Waals surface area (Å²) in [4.78, 5) is 2.69. The van der Waals surface area contributed by atoms with Crippen LogP contribution in [0.25, 0.3) is 0 Å². The van der Waals surface area contributed by atoms with Gasteiger partial charge in [0.2, 0.25) is 0 Å². The van der Waals surface area contributed by atoms with Gasteiger partial charge in [0.1, 0.15) is 5.75 Å². The number of nitrogens with zero attached hydrogens (tertiary/aromatic N) is 1. The second-order valence-corrected chi connectivity index (χ2v) is 6.61. The van der Waals surface area contributed by atoms with Gasteiger partial charge < -0.3 is 10.1 Å². The van der Waals surface area contributed by atoms with E-state index in [2.05, 4.69) is 35.3 Å². The molecule has 108 valence electrons. The molecule has 2 saturated heterocycles. The Morgan fingerprint density at radius 3 is 3.20 bits per heavy atom. The first-order valence-corrected chi connectivity index (χ1v) is 8.00. The Morgan fingerprint density at radius 2 is 2.30 bits per heavy atom. The molecule has 0 aromatic heterocycles. The van der Waals surface area contributed by atoms with Crippen molar-refractivity contribution in [2.24, 2.45) is 11.8 Å². The molecule has 3 heteroatoms. The van der Waals surface area contributed by atoms with Crippen molar-refractivity contribution in [3.05, 3.63) is 29.3 Å². The van der Waals surface area contributed by atoms with E-state index in [1.54, 1.807) is 0 Å². The van der Waals surface area contributed by atoms with Crippen molar-refractivity contribution < 1.29 is 4.74 Å². The normalized spacial score (nSPS) is 32.1. The molecule has 4 rings (SSSR count). The molecule has 1 aromatic carbocycles. The molecule has 0 bridgehead atoms. The molecule has 0 aliphatic carbocycles. The van der Waals surface area contributed by atoms with Crippen LogP contribution in [0.3, 0.4) is 0 Å². The van der Waals surface area contributed by atoms with Gasteiger partial charge in [0.15, 0.2) is 0 Å². The highest BCUT2D eigenvalue weighted by Crippen LogP contribution is 2.32. The Balaban J connectivity index is 1.39. The van der Waals surface area contributed by atoms with Crippen molar-refractivity contribution in [3.8, 4) is 5.75 Å². The van der Waals surface area contributed by atoms with E-state index >= 15 is 0 Å². The molecule has 3 nitrogen and oxygen atoms in total. The van der Waals surface area contributed by atoms with Crippen LogP contribution in [0.5, 0.6) is 5.75 Å². The molecule has 3 aliphatic heterocycles. The van der Waals surface area contributed by atoms with Crippen LogP contribution in [0.2, 0.25) is 0 Å². The Labute approximate surface area is 121 Å². The zero-order valence-corrected chi connectivity index (χ0v) is 12.3. The van der Waals surface area contributed by atoms with Crippen LogP contribution < -0.4 is 10.1 Å². The zero-order chi connectivity index (χ0) is 13.5. The van der Waals surface area contributed by atoms with Crippen molar-refractivity contribution >= 4 is 0 Å². The minimum absolute atomic E-state index is 0.743. The molecule has 1 N–H and O–H groups in total. The lowest BCUT2D eigenvalue weighted by atomic mass is 9.95. The van der Waals surface area contributed by atoms with Crippen LogP contribution in [-0.2, 0) is 12.8 Å². The highest BCUT2D eigenvalue weighted by atomic mass is 16.5. The predicted molar refractivity (Wildman–Crippen MR) is 80.2 cm³/mol. The third kappa shape index (κ3) is 2.13. The van der Waals surface area contributed by atoms with Gasteiger partial charge in [-0.2, -0.15) is 0 Å². The number of benzene rings is 1. The maximum Gasteiger partial charge on any atom is 0.122 e. The summed E-state index contributed by atoms with van der Waals surface area (Å²) in [5, 5.41) is 3.54. The van der Waals surface area contributed by atoms with Crippen molar-refractivity contribution in [1.29, 1.82) is 0 Å². The Morgan fingerprint density at radius 1 is 1.35 bits per heavy atom. The molecule has 0 radical (unpaired) electrons. The van der Waals surface area contributed by atoms with E-state index in [1.807, 2.05) is 0 Å². The van der Waals surface area contributed by atoms with Gasteiger partial charge in [0.05, 0.1) is 6.61 Å². The minimum Gasteiger partial charge on any atom is -0.493 e. The third-order valence-electron chi connectivity index (χ3n) is 5.50. The van der Waals surface area contributed by atoms with Gasteiger partial charge in [-0.25, -0.2) is 0 Å². The summed E-state index contributed by atoms with van der Waals surface area (Å²) in [5.74, 6) is 2.87. The van der Waals surface area contributed by atoms with E-state index in [-0.39, 0.29) is 0 Å². The van der Waals surface area contributed by atoms with Crippen LogP contribution in [0.4, 0.5) is 0 Å². The van der Waals surface area contributed by atoms with Gasteiger partial charge >= 0.3 is 0 Å². The van der Waals surface area contributed by atoms with Gasteiger partial charge in [-0.3, -0.25) is 4.90 Å². The summed E-state index contributed by atoms with van der Waals surface area (Å²) in [7, 11) is 0. The molecule has 3 heterocycles. The molecule has 3 atom stereocenters. The van der Waals surface area contributed by atoms with E-state index in [4.69, 9.17) is 4.74 Å². The first kappa shape index (κ1) is 12.7. The Bertz CT molecular complexity index is 502. The van der Waals surface area contributed by atoms with Gasteiger partial charge in [-0.05, 0) is 55.5 Å². The summed E-state index contributed by atoms with van der Waals surface area (Å²) in [6, 6.07) is 7.50. The summed E-state index contributed by atoms with van der Waals surface area (Å²) >= 11 is 0. The molecule has 3 aliphatic rings. The maximum absolute atomic E-state index is 5.58. The number of rotatable bonds is 3. The average molecular weight is 272 g/mol. The van der Waals surface area contributed by atoms with Crippen molar-refractivity contribution in [1.82, 2.24) is 10.2 Å². The quantitative estimate of drug-likeness (QED) is 0.906. The van der Waals surface area contributed by atoms with Crippen molar-refractivity contribution in [3.63, 3.8) is 0 Å². The largest absolute Gasteiger partial charge is 0.493 e. The Kier molecular flexibility index (Phi) is 3.20. The maximum atomic E-state index is 5.58. The number of hydrogen-bond donors (Lipinski definition) is 1. The number of fused-ring (bicyclic) bond motifs is 2. The molecule has 0 amide bonds. The second-order valence-electron chi connectivity index (χ2n) is 6.61. The van der Waals surface area contributed by atoms with Crippen molar-refractivity contribution in [2.45, 2.75) is 25.8 Å². The topological polar surface area (TPSA) is 24.5 Å². The summed E-state index contributed by atoms with van der Waals surface area (Å²) in [6.45, 7) is 8.20. The standard InChI is InChI=1S/C17H24N2O/c1-12-16-10-18-9-15(16)11-19(12)6-4-13-2-3-17-14(8-13)5-7-20-17/h2-3,8,12,15-16,18H,4-7,9-11H2,1H3. The first-order chi connectivity index (χ1) is 9.81. The lowest BCUT2D eigenvalue weighted by molar-refractivity contribution is 0.242. The number of ether oxygens (including phenoxy) is 1. The molecule has 1 aromatic rings. The number of nitrogens with one attached hydrogen (secondary N) is 1. The summed E-state index contributed by atoms with van der Waals surface area (Å²) < 4.78 is 5.58. The van der Waals surface area contributed by atoms with Gasteiger partial charge in [-0.15, -0.1) is 0 Å². The van der Waals surface area contributed by atoms with E-state index in [9.17, 15) is 0 Å². The van der Waals surface area contributed by atoms with Crippen LogP contribution in [0.15, 0.2) is 18.2 Å². The fraction of sp³-hybridized carbons (Fsp3) is 0.647. The summed E-state index contributed by atoms with van der Waals surface area (Å²) in [6.07, 6.45) is 2.25. The van der Waals surface area contributed by atoms with E-state index in [0.29, 0.717) is 0 Å². The fourth-order valence-electron chi connectivity index (χ4n) is 4.22. The van der Waals surface area contributed by atoms with Crippen LogP contribution >= 0.6 is 0 Å². The van der Waals surface area contributed by atoms with Crippen molar-refractivity contribution in [2.75, 3.05) is 32.8 Å². The van der Waals surface area contributed by atoms with E-state index in [1.165, 1.54) is 43.7 Å². The monoisotopic (exact) mass is 272 g/mol. The zero-order valence-electron chi connectivity index (χ0n) is 12.3. The summed E-state index contributed by atoms with van der Waals surface area (Å²) in [5.41, 5.74) is 2.87. The second kappa shape index (κ2) is 5.05. The highest BCUT2D eigenvalue weighted by molar-refractivity contribution is 5.39. The fourth-order valence-corrected chi connectivity index (χ4v) is 4.22. The molecule has 20 heavy (non-hydrogen) atoms. The van der Waals surface area contributed by atoms with Crippen LogP contribution in [0, 0.1) is 11.8 Å². The molecule has 0 saturated carbocycles. The van der Waals surface area contributed by atoms with Gasteiger partial charge in [0.25, 0.3) is 0 Å². The Hall–Kier alpha value is -1.06. The number of likely N-dealkylation sites (tertiary alicyclic amines) is 1. The predicted octanol–water partition coefficient (Wildman–Crippen LogP) is 1.70. The van der Waals surface area contributed by atoms with Gasteiger partial charge in [-0.1, -0.05) is 12.1 Å². The van der Waals surface area contributed by atoms with Crippen LogP contribution in [0.1, 0.15) is 18.1 Å². The molecule has 3 unspecified atom stereocenters. The third-order valence-corrected chi connectivity index (χ3v) is 5.50. The first-order valence-electron chi connectivity index (χ1n) is 8.00. The van der Waals surface area contributed by atoms with Crippen LogP contribution in [-0.4, -0.2) is 43.7 Å². The highest BCUT2D eigenvalue weighted by Gasteiger charge is 2.41. The van der Waals surface area contributed by atoms with E-state index < -0.39 is 0 Å². The molecule has 0 spiro atoms. The van der Waals surface area contributed by atoms with Gasteiger partial charge in [0, 0.05) is 25.6 Å². The smallest absolute Gasteiger partial charge is 0.122 e. The minimum atomic E-state index is 0.743. The average Bonchev–Trinajstić information content (AvgIpc) is 3.14. The lowest BCUT2D eigenvalue weighted by Gasteiger charge is -2.24. The lowest BCUT2D eigenvalue weighted by Crippen LogP contribution is -2.34. The SMILES string of the molecule is CC1C2CNCC2CN1CCc1ccc2c(c1)CCO2.